The van der Waals surface area contributed by atoms with Crippen molar-refractivity contribution in [2.24, 2.45) is 16.3 Å². The zero-order valence-corrected chi connectivity index (χ0v) is 14.4. The molecule has 0 saturated heterocycles. The average molecular weight is 283 g/mol. The summed E-state index contributed by atoms with van der Waals surface area (Å²) in [4.78, 5) is 4.79. The van der Waals surface area contributed by atoms with E-state index in [4.69, 9.17) is 4.99 Å². The summed E-state index contributed by atoms with van der Waals surface area (Å²) in [6.45, 7) is 13.7. The minimum Gasteiger partial charge on any atom is -0.253 e. The third-order valence-electron chi connectivity index (χ3n) is 4.35. The van der Waals surface area contributed by atoms with Crippen LogP contribution in [0.15, 0.2) is 41.4 Å². The molecule has 0 aliphatic heterocycles. The molecule has 1 aliphatic carbocycles. The molecule has 2 rings (SSSR count). The number of nitrogens with zero attached hydrogens (tertiary/aromatic N) is 1. The minimum atomic E-state index is 0.205. The molecule has 1 aromatic carbocycles. The summed E-state index contributed by atoms with van der Waals surface area (Å²) in [6.07, 6.45) is 6.85. The van der Waals surface area contributed by atoms with Crippen molar-refractivity contribution in [2.45, 2.75) is 59.8 Å². The lowest BCUT2D eigenvalue weighted by molar-refractivity contribution is 0.279. The number of benzene rings is 1. The second-order valence-electron chi connectivity index (χ2n) is 8.27. The van der Waals surface area contributed by atoms with Gasteiger partial charge in [0, 0.05) is 5.71 Å². The van der Waals surface area contributed by atoms with Crippen molar-refractivity contribution in [1.82, 2.24) is 0 Å². The van der Waals surface area contributed by atoms with E-state index in [1.807, 2.05) is 0 Å². The largest absolute Gasteiger partial charge is 0.253 e. The molecule has 1 aliphatic rings. The van der Waals surface area contributed by atoms with Gasteiger partial charge in [0.2, 0.25) is 0 Å². The van der Waals surface area contributed by atoms with Crippen LogP contribution in [-0.4, -0.2) is 5.71 Å². The maximum absolute atomic E-state index is 4.79. The molecule has 0 N–H and O–H groups in total. The molecular formula is C20H29N. The van der Waals surface area contributed by atoms with E-state index >= 15 is 0 Å². The maximum Gasteiger partial charge on any atom is 0.0633 e. The predicted molar refractivity (Wildman–Crippen MR) is 93.6 cm³/mol. The summed E-state index contributed by atoms with van der Waals surface area (Å²) in [5, 5.41) is 0. The lowest BCUT2D eigenvalue weighted by Crippen LogP contribution is -2.22. The third-order valence-corrected chi connectivity index (χ3v) is 4.35. The van der Waals surface area contributed by atoms with Gasteiger partial charge in [-0.2, -0.15) is 0 Å². The first-order chi connectivity index (χ1) is 9.66. The van der Waals surface area contributed by atoms with E-state index in [0.717, 1.165) is 12.1 Å². The highest BCUT2D eigenvalue weighted by Gasteiger charge is 2.24. The fourth-order valence-corrected chi connectivity index (χ4v) is 2.73. The summed E-state index contributed by atoms with van der Waals surface area (Å²) in [5.41, 5.74) is 4.20. The summed E-state index contributed by atoms with van der Waals surface area (Å²) < 4.78 is 0. The molecule has 1 unspecified atom stereocenters. The van der Waals surface area contributed by atoms with Gasteiger partial charge in [0.05, 0.1) is 5.69 Å². The molecule has 1 aromatic rings. The molecule has 0 heterocycles. The van der Waals surface area contributed by atoms with Crippen LogP contribution in [0.25, 0.3) is 0 Å². The number of hydrogen-bond acceptors (Lipinski definition) is 1. The molecule has 0 radical (unpaired) electrons. The Labute approximate surface area is 130 Å². The van der Waals surface area contributed by atoms with Crippen LogP contribution in [-0.2, 0) is 5.41 Å². The van der Waals surface area contributed by atoms with Crippen molar-refractivity contribution in [2.75, 3.05) is 0 Å². The van der Waals surface area contributed by atoms with Crippen molar-refractivity contribution in [3.8, 4) is 0 Å². The van der Waals surface area contributed by atoms with Gasteiger partial charge >= 0.3 is 0 Å². The summed E-state index contributed by atoms with van der Waals surface area (Å²) in [6, 6.07) is 8.67. The highest BCUT2D eigenvalue weighted by atomic mass is 14.7. The van der Waals surface area contributed by atoms with E-state index in [1.165, 1.54) is 17.7 Å². The van der Waals surface area contributed by atoms with Gasteiger partial charge in [-0.1, -0.05) is 59.8 Å². The van der Waals surface area contributed by atoms with E-state index in [0.29, 0.717) is 11.3 Å². The Morgan fingerprint density at radius 1 is 0.952 bits per heavy atom. The molecule has 0 fully saturated rings. The average Bonchev–Trinajstić information content (AvgIpc) is 2.38. The molecule has 0 bridgehead atoms. The smallest absolute Gasteiger partial charge is 0.0633 e. The van der Waals surface area contributed by atoms with Crippen molar-refractivity contribution >= 4 is 11.4 Å². The van der Waals surface area contributed by atoms with Gasteiger partial charge in [0.25, 0.3) is 0 Å². The second-order valence-corrected chi connectivity index (χ2v) is 8.27. The van der Waals surface area contributed by atoms with Crippen molar-refractivity contribution in [3.05, 3.63) is 42.0 Å². The Kier molecular flexibility index (Phi) is 4.41. The molecule has 1 heteroatoms. The first-order valence-corrected chi connectivity index (χ1v) is 8.02. The Morgan fingerprint density at radius 3 is 2.00 bits per heavy atom. The van der Waals surface area contributed by atoms with E-state index in [9.17, 15) is 0 Å². The fourth-order valence-electron chi connectivity index (χ4n) is 2.73. The van der Waals surface area contributed by atoms with Gasteiger partial charge < -0.3 is 0 Å². The van der Waals surface area contributed by atoms with Crippen LogP contribution in [0.5, 0.6) is 0 Å². The van der Waals surface area contributed by atoms with Crippen molar-refractivity contribution < 1.29 is 0 Å². The SMILES string of the molecule is CC(C)(C)c1ccc(N=C2C=CC(C(C)(C)C)CC2)cc1. The van der Waals surface area contributed by atoms with E-state index in [2.05, 4.69) is 78.0 Å². The molecule has 0 amide bonds. The minimum absolute atomic E-state index is 0.205. The summed E-state index contributed by atoms with van der Waals surface area (Å²) >= 11 is 0. The van der Waals surface area contributed by atoms with Crippen LogP contribution >= 0.6 is 0 Å². The molecule has 1 nitrogen and oxygen atoms in total. The Hall–Kier alpha value is -1.37. The highest BCUT2D eigenvalue weighted by Crippen LogP contribution is 2.34. The monoisotopic (exact) mass is 283 g/mol. The second kappa shape index (κ2) is 5.79. The van der Waals surface area contributed by atoms with Crippen LogP contribution in [0, 0.1) is 11.3 Å². The molecule has 0 aromatic heterocycles. The molecule has 0 spiro atoms. The van der Waals surface area contributed by atoms with Gasteiger partial charge in [-0.15, -0.1) is 0 Å². The Morgan fingerprint density at radius 2 is 1.57 bits per heavy atom. The van der Waals surface area contributed by atoms with Gasteiger partial charge in [0.1, 0.15) is 0 Å². The van der Waals surface area contributed by atoms with Crippen LogP contribution in [0.2, 0.25) is 0 Å². The van der Waals surface area contributed by atoms with E-state index < -0.39 is 0 Å². The molecular weight excluding hydrogens is 254 g/mol. The standard InChI is InChI=1S/C20H29N/c1-19(2,3)15-7-11-17(12-8-15)21-18-13-9-16(10-14-18)20(4,5)6/h7-9,11-13,16H,10,14H2,1-6H3. The number of aliphatic imine (C=N–C) groups is 1. The Balaban J connectivity index is 2.12. The van der Waals surface area contributed by atoms with Crippen LogP contribution < -0.4 is 0 Å². The quantitative estimate of drug-likeness (QED) is 0.593. The fraction of sp³-hybridized carbons (Fsp3) is 0.550. The molecule has 21 heavy (non-hydrogen) atoms. The first kappa shape index (κ1) is 16.0. The summed E-state index contributed by atoms with van der Waals surface area (Å²) in [7, 11) is 0. The van der Waals surface area contributed by atoms with Gasteiger partial charge in [0.15, 0.2) is 0 Å². The van der Waals surface area contributed by atoms with Crippen LogP contribution in [0.1, 0.15) is 59.9 Å². The highest BCUT2D eigenvalue weighted by molar-refractivity contribution is 5.97. The van der Waals surface area contributed by atoms with E-state index in [-0.39, 0.29) is 5.41 Å². The normalized spacial score (nSPS) is 21.8. The zero-order valence-electron chi connectivity index (χ0n) is 14.4. The zero-order chi connectivity index (χ0) is 15.7. The lowest BCUT2D eigenvalue weighted by atomic mass is 9.75. The number of allylic oxidation sites excluding steroid dienone is 2. The molecule has 114 valence electrons. The van der Waals surface area contributed by atoms with Crippen molar-refractivity contribution in [1.29, 1.82) is 0 Å². The van der Waals surface area contributed by atoms with Gasteiger partial charge in [-0.3, -0.25) is 4.99 Å². The van der Waals surface area contributed by atoms with Gasteiger partial charge in [-0.05, 0) is 53.4 Å². The third kappa shape index (κ3) is 4.30. The lowest BCUT2D eigenvalue weighted by Gasteiger charge is -2.30. The first-order valence-electron chi connectivity index (χ1n) is 8.02. The predicted octanol–water partition coefficient (Wildman–Crippen LogP) is 6.07. The maximum atomic E-state index is 4.79. The number of rotatable bonds is 1. The topological polar surface area (TPSA) is 12.4 Å². The number of hydrogen-bond donors (Lipinski definition) is 0. The molecule has 0 saturated carbocycles. The van der Waals surface area contributed by atoms with Gasteiger partial charge in [-0.25, -0.2) is 0 Å². The van der Waals surface area contributed by atoms with Crippen molar-refractivity contribution in [3.63, 3.8) is 0 Å². The summed E-state index contributed by atoms with van der Waals surface area (Å²) in [5.74, 6) is 0.666. The van der Waals surface area contributed by atoms with E-state index in [1.54, 1.807) is 0 Å². The van der Waals surface area contributed by atoms with Crippen LogP contribution in [0.4, 0.5) is 5.69 Å². The Bertz CT molecular complexity index is 533. The van der Waals surface area contributed by atoms with Crippen LogP contribution in [0.3, 0.4) is 0 Å². The molecule has 1 atom stereocenters.